The predicted molar refractivity (Wildman–Crippen MR) is 84.5 cm³/mol. The first-order valence-electron chi connectivity index (χ1n) is 5.01. The molecule has 2 rings (SSSR count). The van der Waals surface area contributed by atoms with Crippen LogP contribution in [0.3, 0.4) is 0 Å². The van der Waals surface area contributed by atoms with Gasteiger partial charge in [-0.15, -0.1) is 11.3 Å². The molecule has 1 atom stereocenters. The molecule has 0 aliphatic heterocycles. The van der Waals surface area contributed by atoms with E-state index in [9.17, 15) is 0 Å². The van der Waals surface area contributed by atoms with Gasteiger partial charge >= 0.3 is 0 Å². The Morgan fingerprint density at radius 1 is 1.12 bits per heavy atom. The van der Waals surface area contributed by atoms with E-state index in [-0.39, 0.29) is 6.04 Å². The second-order valence-electron chi connectivity index (χ2n) is 3.68. The molecule has 0 spiro atoms. The Morgan fingerprint density at radius 3 is 2.47 bits per heavy atom. The minimum Gasteiger partial charge on any atom is -0.324 e. The molecule has 1 aromatic heterocycles. The summed E-state index contributed by atoms with van der Waals surface area (Å²) in [6, 6.07) is 10.3. The summed E-state index contributed by atoms with van der Waals surface area (Å²) >= 11 is 12.2. The lowest BCUT2D eigenvalue weighted by Crippen LogP contribution is -2.13. The van der Waals surface area contributed by atoms with Gasteiger partial charge in [-0.2, -0.15) is 0 Å². The van der Waals surface area contributed by atoms with Crippen molar-refractivity contribution < 1.29 is 0 Å². The van der Waals surface area contributed by atoms with Gasteiger partial charge in [0.2, 0.25) is 0 Å². The lowest BCUT2D eigenvalue weighted by molar-refractivity contribution is 0.726. The Labute approximate surface area is 130 Å². The zero-order valence-corrected chi connectivity index (χ0v) is 14.4. The maximum atomic E-state index is 6.23. The Morgan fingerprint density at radius 2 is 1.88 bits per heavy atom. The van der Waals surface area contributed by atoms with Gasteiger partial charge < -0.3 is 5.73 Å². The van der Waals surface area contributed by atoms with E-state index in [1.165, 1.54) is 4.88 Å². The van der Waals surface area contributed by atoms with Crippen LogP contribution in [0.5, 0.6) is 0 Å². The van der Waals surface area contributed by atoms with Crippen molar-refractivity contribution in [2.75, 3.05) is 0 Å². The van der Waals surface area contributed by atoms with Crippen LogP contribution in [0.4, 0.5) is 0 Å². The van der Waals surface area contributed by atoms with Gasteiger partial charge in [0.1, 0.15) is 0 Å². The number of thiophene rings is 1. The molecular weight excluding hydrogens is 430 g/mol. The average Bonchev–Trinajstić information content (AvgIpc) is 2.63. The lowest BCUT2D eigenvalue weighted by Gasteiger charge is -2.13. The molecule has 1 unspecified atom stereocenters. The minimum atomic E-state index is 0.0167. The molecule has 0 saturated carbocycles. The fourth-order valence-corrected chi connectivity index (χ4v) is 4.47. The van der Waals surface area contributed by atoms with Gasteiger partial charge in [0.05, 0.1) is 3.79 Å². The van der Waals surface area contributed by atoms with Gasteiger partial charge in [0.15, 0.2) is 0 Å². The summed E-state index contributed by atoms with van der Waals surface area (Å²) in [4.78, 5) is 1.29. The number of hydrogen-bond acceptors (Lipinski definition) is 2. The third-order valence-electron chi connectivity index (χ3n) is 2.41. The van der Waals surface area contributed by atoms with Crippen LogP contribution >= 0.6 is 59.1 Å². The van der Waals surface area contributed by atoms with E-state index in [4.69, 9.17) is 5.73 Å². The molecule has 0 aliphatic rings. The third-order valence-corrected chi connectivity index (χ3v) is 5.24. The van der Waals surface area contributed by atoms with Crippen molar-refractivity contribution >= 4 is 59.1 Å². The molecular formula is C12H10Br3NS. The largest absolute Gasteiger partial charge is 0.324 e. The number of benzene rings is 1. The highest BCUT2D eigenvalue weighted by Crippen LogP contribution is 2.30. The van der Waals surface area contributed by atoms with Crippen LogP contribution in [0, 0.1) is 0 Å². The lowest BCUT2D eigenvalue weighted by atomic mass is 10.0. The number of rotatable bonds is 3. The Bertz CT molecular complexity index is 524. The average molecular weight is 440 g/mol. The molecule has 5 heteroatoms. The molecule has 0 saturated heterocycles. The van der Waals surface area contributed by atoms with Gasteiger partial charge in [0, 0.05) is 26.3 Å². The molecule has 17 heavy (non-hydrogen) atoms. The zero-order chi connectivity index (χ0) is 12.4. The van der Waals surface area contributed by atoms with Crippen LogP contribution in [-0.2, 0) is 6.42 Å². The van der Waals surface area contributed by atoms with Gasteiger partial charge in [-0.05, 0) is 45.8 Å². The summed E-state index contributed by atoms with van der Waals surface area (Å²) in [5.41, 5.74) is 7.37. The van der Waals surface area contributed by atoms with Crippen LogP contribution in [0.25, 0.3) is 0 Å². The van der Waals surface area contributed by atoms with Crippen LogP contribution in [0.2, 0.25) is 0 Å². The van der Waals surface area contributed by atoms with Crippen LogP contribution < -0.4 is 5.73 Å². The van der Waals surface area contributed by atoms with Crippen LogP contribution in [0.1, 0.15) is 16.5 Å². The van der Waals surface area contributed by atoms with E-state index < -0.39 is 0 Å². The predicted octanol–water partition coefficient (Wildman–Crippen LogP) is 5.28. The SMILES string of the molecule is NC(Cc1ccc(Br)s1)c1ccc(Br)cc1Br. The summed E-state index contributed by atoms with van der Waals surface area (Å²) in [6.45, 7) is 0. The fraction of sp³-hybridized carbons (Fsp3) is 0.167. The molecule has 90 valence electrons. The second-order valence-corrected chi connectivity index (χ2v) is 8.00. The van der Waals surface area contributed by atoms with Gasteiger partial charge in [-0.3, -0.25) is 0 Å². The summed E-state index contributed by atoms with van der Waals surface area (Å²) in [5, 5.41) is 0. The number of halogens is 3. The monoisotopic (exact) mass is 437 g/mol. The molecule has 0 radical (unpaired) electrons. The molecule has 0 aliphatic carbocycles. The second kappa shape index (κ2) is 5.97. The molecule has 1 aromatic carbocycles. The first-order valence-corrected chi connectivity index (χ1v) is 8.20. The summed E-state index contributed by atoms with van der Waals surface area (Å²) in [6.07, 6.45) is 0.858. The van der Waals surface area contributed by atoms with Crippen molar-refractivity contribution in [3.63, 3.8) is 0 Å². The van der Waals surface area contributed by atoms with Crippen LogP contribution in [0.15, 0.2) is 43.1 Å². The third kappa shape index (κ3) is 3.64. The van der Waals surface area contributed by atoms with Crippen molar-refractivity contribution in [1.29, 1.82) is 0 Å². The molecule has 1 heterocycles. The van der Waals surface area contributed by atoms with E-state index in [1.807, 2.05) is 12.1 Å². The minimum absolute atomic E-state index is 0.0167. The quantitative estimate of drug-likeness (QED) is 0.691. The Balaban J connectivity index is 2.17. The van der Waals surface area contributed by atoms with E-state index in [1.54, 1.807) is 11.3 Å². The standard InChI is InChI=1S/C12H10Br3NS/c13-7-1-3-9(10(14)5-7)11(16)6-8-2-4-12(15)17-8/h1-5,11H,6,16H2. The first kappa shape index (κ1) is 13.7. The normalized spacial score (nSPS) is 12.7. The highest BCUT2D eigenvalue weighted by Gasteiger charge is 2.12. The van der Waals surface area contributed by atoms with Gasteiger partial charge in [0.25, 0.3) is 0 Å². The molecule has 0 bridgehead atoms. The van der Waals surface area contributed by atoms with E-state index in [0.717, 1.165) is 24.7 Å². The molecule has 0 fully saturated rings. The van der Waals surface area contributed by atoms with Crippen LogP contribution in [-0.4, -0.2) is 0 Å². The van der Waals surface area contributed by atoms with Crippen molar-refractivity contribution in [1.82, 2.24) is 0 Å². The van der Waals surface area contributed by atoms with Crippen molar-refractivity contribution in [2.45, 2.75) is 12.5 Å². The van der Waals surface area contributed by atoms with E-state index in [0.29, 0.717) is 0 Å². The van der Waals surface area contributed by atoms with Crippen molar-refractivity contribution in [3.05, 3.63) is 53.5 Å². The van der Waals surface area contributed by atoms with Gasteiger partial charge in [-0.1, -0.05) is 37.9 Å². The summed E-state index contributed by atoms with van der Waals surface area (Å²) in [5.74, 6) is 0. The molecule has 2 N–H and O–H groups in total. The maximum absolute atomic E-state index is 6.23. The fourth-order valence-electron chi connectivity index (χ4n) is 1.59. The molecule has 1 nitrogen and oxygen atoms in total. The van der Waals surface area contributed by atoms with E-state index >= 15 is 0 Å². The summed E-state index contributed by atoms with van der Waals surface area (Å²) in [7, 11) is 0. The Kier molecular flexibility index (Phi) is 4.83. The van der Waals surface area contributed by atoms with Crippen molar-refractivity contribution in [3.8, 4) is 0 Å². The number of hydrogen-bond donors (Lipinski definition) is 1. The highest BCUT2D eigenvalue weighted by atomic mass is 79.9. The molecule has 2 aromatic rings. The zero-order valence-electron chi connectivity index (χ0n) is 8.79. The highest BCUT2D eigenvalue weighted by molar-refractivity contribution is 9.11. The van der Waals surface area contributed by atoms with E-state index in [2.05, 4.69) is 66.0 Å². The van der Waals surface area contributed by atoms with Crippen molar-refractivity contribution in [2.24, 2.45) is 5.73 Å². The smallest absolute Gasteiger partial charge is 0.0701 e. The first-order chi connectivity index (χ1) is 8.06. The maximum Gasteiger partial charge on any atom is 0.0701 e. The van der Waals surface area contributed by atoms with Gasteiger partial charge in [-0.25, -0.2) is 0 Å². The summed E-state index contributed by atoms with van der Waals surface area (Å²) < 4.78 is 3.25. The molecule has 0 amide bonds. The Hall–Kier alpha value is 0.320. The number of nitrogens with two attached hydrogens (primary N) is 1. The topological polar surface area (TPSA) is 26.0 Å².